The van der Waals surface area contributed by atoms with Crippen LogP contribution in [0.4, 0.5) is 5.69 Å². The SMILES string of the molecule is Cc1n[nH]c(C)c1CNc1cccc(O)c1. The molecule has 0 saturated heterocycles. The van der Waals surface area contributed by atoms with E-state index < -0.39 is 0 Å². The van der Waals surface area contributed by atoms with Crippen molar-refractivity contribution in [2.75, 3.05) is 5.32 Å². The Morgan fingerprint density at radius 3 is 2.81 bits per heavy atom. The van der Waals surface area contributed by atoms with Crippen molar-refractivity contribution < 1.29 is 5.11 Å². The van der Waals surface area contributed by atoms with Crippen molar-refractivity contribution in [1.82, 2.24) is 10.2 Å². The van der Waals surface area contributed by atoms with E-state index in [1.165, 1.54) is 5.56 Å². The molecule has 0 aliphatic rings. The van der Waals surface area contributed by atoms with E-state index in [2.05, 4.69) is 15.5 Å². The van der Waals surface area contributed by atoms with E-state index >= 15 is 0 Å². The number of nitrogens with zero attached hydrogens (tertiary/aromatic N) is 1. The van der Waals surface area contributed by atoms with Gasteiger partial charge in [-0.25, -0.2) is 0 Å². The molecule has 2 rings (SSSR count). The Morgan fingerprint density at radius 1 is 1.38 bits per heavy atom. The first-order valence-corrected chi connectivity index (χ1v) is 5.20. The van der Waals surface area contributed by atoms with E-state index in [1.807, 2.05) is 26.0 Å². The fourth-order valence-corrected chi connectivity index (χ4v) is 1.64. The van der Waals surface area contributed by atoms with E-state index in [9.17, 15) is 5.11 Å². The molecule has 0 bridgehead atoms. The lowest BCUT2D eigenvalue weighted by molar-refractivity contribution is 0.475. The number of nitrogens with one attached hydrogen (secondary N) is 2. The van der Waals surface area contributed by atoms with Gasteiger partial charge in [-0.1, -0.05) is 6.07 Å². The smallest absolute Gasteiger partial charge is 0.117 e. The molecule has 3 N–H and O–H groups in total. The quantitative estimate of drug-likeness (QED) is 0.739. The minimum atomic E-state index is 0.269. The van der Waals surface area contributed by atoms with E-state index in [0.717, 1.165) is 17.1 Å². The Morgan fingerprint density at radius 2 is 2.19 bits per heavy atom. The number of phenolic OH excluding ortho intramolecular Hbond substituents is 1. The van der Waals surface area contributed by atoms with Gasteiger partial charge in [-0.15, -0.1) is 0 Å². The first-order chi connectivity index (χ1) is 7.66. The molecular weight excluding hydrogens is 202 g/mol. The molecule has 16 heavy (non-hydrogen) atoms. The van der Waals surface area contributed by atoms with Crippen LogP contribution in [0.25, 0.3) is 0 Å². The van der Waals surface area contributed by atoms with Gasteiger partial charge in [0.15, 0.2) is 0 Å². The van der Waals surface area contributed by atoms with E-state index in [4.69, 9.17) is 0 Å². The lowest BCUT2D eigenvalue weighted by Crippen LogP contribution is -2.01. The zero-order chi connectivity index (χ0) is 11.5. The van der Waals surface area contributed by atoms with Crippen molar-refractivity contribution in [2.24, 2.45) is 0 Å². The average molecular weight is 217 g/mol. The van der Waals surface area contributed by atoms with Crippen LogP contribution in [0, 0.1) is 13.8 Å². The van der Waals surface area contributed by atoms with Gasteiger partial charge in [0.2, 0.25) is 0 Å². The molecule has 0 saturated carbocycles. The van der Waals surface area contributed by atoms with Gasteiger partial charge in [0.25, 0.3) is 0 Å². The summed E-state index contributed by atoms with van der Waals surface area (Å²) in [6, 6.07) is 7.08. The first kappa shape index (κ1) is 10.5. The second-order valence-electron chi connectivity index (χ2n) is 3.82. The highest BCUT2D eigenvalue weighted by Crippen LogP contribution is 2.17. The second kappa shape index (κ2) is 4.26. The summed E-state index contributed by atoms with van der Waals surface area (Å²) in [5.41, 5.74) is 4.15. The van der Waals surface area contributed by atoms with Crippen LogP contribution < -0.4 is 5.32 Å². The van der Waals surface area contributed by atoms with Crippen LogP contribution in [-0.2, 0) is 6.54 Å². The van der Waals surface area contributed by atoms with E-state index in [1.54, 1.807) is 12.1 Å². The number of benzene rings is 1. The fourth-order valence-electron chi connectivity index (χ4n) is 1.64. The maximum atomic E-state index is 9.32. The summed E-state index contributed by atoms with van der Waals surface area (Å²) in [4.78, 5) is 0. The average Bonchev–Trinajstić information content (AvgIpc) is 2.56. The standard InChI is InChI=1S/C12H15N3O/c1-8-12(9(2)15-14-8)7-13-10-4-3-5-11(16)6-10/h3-6,13,16H,7H2,1-2H3,(H,14,15). The molecular formula is C12H15N3O. The molecule has 0 aliphatic heterocycles. The summed E-state index contributed by atoms with van der Waals surface area (Å²) < 4.78 is 0. The zero-order valence-corrected chi connectivity index (χ0v) is 9.41. The number of hydrogen-bond donors (Lipinski definition) is 3. The predicted molar refractivity (Wildman–Crippen MR) is 63.5 cm³/mol. The molecule has 2 aromatic rings. The number of phenols is 1. The molecule has 0 fully saturated rings. The second-order valence-corrected chi connectivity index (χ2v) is 3.82. The summed E-state index contributed by atoms with van der Waals surface area (Å²) in [5, 5.41) is 19.6. The molecule has 1 aromatic heterocycles. The number of hydrogen-bond acceptors (Lipinski definition) is 3. The van der Waals surface area contributed by atoms with Gasteiger partial charge in [-0.3, -0.25) is 5.10 Å². The number of aromatic amines is 1. The van der Waals surface area contributed by atoms with Crippen LogP contribution in [0.3, 0.4) is 0 Å². The minimum absolute atomic E-state index is 0.269. The first-order valence-electron chi connectivity index (χ1n) is 5.20. The molecule has 84 valence electrons. The van der Waals surface area contributed by atoms with Crippen molar-refractivity contribution in [2.45, 2.75) is 20.4 Å². The number of rotatable bonds is 3. The Balaban J connectivity index is 2.08. The number of anilines is 1. The summed E-state index contributed by atoms with van der Waals surface area (Å²) in [6.45, 7) is 4.68. The topological polar surface area (TPSA) is 60.9 Å². The number of aromatic nitrogens is 2. The molecule has 0 amide bonds. The van der Waals surface area contributed by atoms with Crippen LogP contribution in [0.15, 0.2) is 24.3 Å². The number of aryl methyl sites for hydroxylation is 2. The summed E-state index contributed by atoms with van der Waals surface area (Å²) >= 11 is 0. The van der Waals surface area contributed by atoms with Crippen molar-refractivity contribution >= 4 is 5.69 Å². The lowest BCUT2D eigenvalue weighted by atomic mass is 10.2. The van der Waals surface area contributed by atoms with E-state index in [0.29, 0.717) is 6.54 Å². The third kappa shape index (κ3) is 2.16. The van der Waals surface area contributed by atoms with Gasteiger partial charge in [-0.2, -0.15) is 5.10 Å². The summed E-state index contributed by atoms with van der Waals surface area (Å²) in [7, 11) is 0. The molecule has 0 radical (unpaired) electrons. The number of aromatic hydroxyl groups is 1. The molecule has 0 atom stereocenters. The van der Waals surface area contributed by atoms with Crippen molar-refractivity contribution in [3.8, 4) is 5.75 Å². The third-order valence-corrected chi connectivity index (χ3v) is 2.60. The highest BCUT2D eigenvalue weighted by molar-refractivity contribution is 5.48. The van der Waals surface area contributed by atoms with Crippen molar-refractivity contribution in [3.63, 3.8) is 0 Å². The van der Waals surface area contributed by atoms with Crippen molar-refractivity contribution in [3.05, 3.63) is 41.2 Å². The maximum absolute atomic E-state index is 9.32. The van der Waals surface area contributed by atoms with Gasteiger partial charge < -0.3 is 10.4 Å². The Hall–Kier alpha value is -1.97. The van der Waals surface area contributed by atoms with Crippen LogP contribution in [0.5, 0.6) is 5.75 Å². The van der Waals surface area contributed by atoms with Crippen LogP contribution in [-0.4, -0.2) is 15.3 Å². The highest BCUT2D eigenvalue weighted by atomic mass is 16.3. The van der Waals surface area contributed by atoms with Gasteiger partial charge in [0, 0.05) is 29.6 Å². The van der Waals surface area contributed by atoms with E-state index in [-0.39, 0.29) is 5.75 Å². The van der Waals surface area contributed by atoms with Crippen molar-refractivity contribution in [1.29, 1.82) is 0 Å². The van der Waals surface area contributed by atoms with Crippen LogP contribution in [0.1, 0.15) is 17.0 Å². The number of H-pyrrole nitrogens is 1. The normalized spacial score (nSPS) is 10.4. The van der Waals surface area contributed by atoms with Gasteiger partial charge >= 0.3 is 0 Å². The predicted octanol–water partition coefficient (Wildman–Crippen LogP) is 2.34. The fraction of sp³-hybridized carbons (Fsp3) is 0.250. The molecule has 0 unspecified atom stereocenters. The monoisotopic (exact) mass is 217 g/mol. The summed E-state index contributed by atoms with van der Waals surface area (Å²) in [6.07, 6.45) is 0. The Bertz CT molecular complexity index is 471. The molecule has 0 aliphatic carbocycles. The van der Waals surface area contributed by atoms with Gasteiger partial charge in [0.1, 0.15) is 5.75 Å². The lowest BCUT2D eigenvalue weighted by Gasteiger charge is -2.06. The third-order valence-electron chi connectivity index (χ3n) is 2.60. The minimum Gasteiger partial charge on any atom is -0.508 e. The molecule has 4 nitrogen and oxygen atoms in total. The van der Waals surface area contributed by atoms with Gasteiger partial charge in [-0.05, 0) is 26.0 Å². The largest absolute Gasteiger partial charge is 0.508 e. The molecule has 4 heteroatoms. The highest BCUT2D eigenvalue weighted by Gasteiger charge is 2.05. The molecule has 0 spiro atoms. The Kier molecular flexibility index (Phi) is 2.81. The maximum Gasteiger partial charge on any atom is 0.117 e. The van der Waals surface area contributed by atoms with Crippen LogP contribution >= 0.6 is 0 Å². The Labute approximate surface area is 94.3 Å². The van der Waals surface area contributed by atoms with Crippen LogP contribution in [0.2, 0.25) is 0 Å². The molecule has 1 heterocycles. The van der Waals surface area contributed by atoms with Gasteiger partial charge in [0.05, 0.1) is 5.69 Å². The molecule has 1 aromatic carbocycles. The zero-order valence-electron chi connectivity index (χ0n) is 9.41. The summed E-state index contributed by atoms with van der Waals surface area (Å²) in [5.74, 6) is 0.269.